The Hall–Kier alpha value is -2.17. The number of carbonyl (C=O) groups excluding carboxylic acids is 1. The van der Waals surface area contributed by atoms with Gasteiger partial charge in [-0.3, -0.25) is 4.79 Å². The van der Waals surface area contributed by atoms with E-state index in [1.807, 2.05) is 0 Å². The van der Waals surface area contributed by atoms with Crippen LogP contribution < -0.4 is 0 Å². The van der Waals surface area contributed by atoms with Crippen LogP contribution in [0.1, 0.15) is 16.1 Å². The van der Waals surface area contributed by atoms with Crippen LogP contribution in [0.15, 0.2) is 18.2 Å². The number of hydrogen-bond acceptors (Lipinski definition) is 2. The van der Waals surface area contributed by atoms with E-state index in [-0.39, 0.29) is 5.56 Å². The normalized spacial score (nSPS) is 10.6. The highest BCUT2D eigenvalue weighted by molar-refractivity contribution is 6.42. The minimum Gasteiger partial charge on any atom is -0.475 e. The molecule has 2 aromatic rings. The number of H-pyrrole nitrogens is 1. The molecule has 1 aromatic carbocycles. The lowest BCUT2D eigenvalue weighted by molar-refractivity contribution is -0.131. The van der Waals surface area contributed by atoms with Crippen LogP contribution in [-0.2, 0) is 4.79 Å². The van der Waals surface area contributed by atoms with E-state index in [0.29, 0.717) is 16.6 Å². The molecule has 1 aromatic heterocycles. The molecule has 0 radical (unpaired) electrons. The van der Waals surface area contributed by atoms with Crippen LogP contribution in [0, 0.1) is 12.7 Å². The summed E-state index contributed by atoms with van der Waals surface area (Å²) in [5.74, 6) is -2.95. The van der Waals surface area contributed by atoms with E-state index < -0.39 is 17.6 Å². The van der Waals surface area contributed by atoms with Gasteiger partial charge in [-0.25, -0.2) is 9.18 Å². The Bertz CT molecular complexity index is 601. The number of benzene rings is 1. The van der Waals surface area contributed by atoms with Crippen molar-refractivity contribution in [2.45, 2.75) is 6.92 Å². The van der Waals surface area contributed by atoms with E-state index in [2.05, 4.69) is 4.98 Å². The molecule has 16 heavy (non-hydrogen) atoms. The van der Waals surface area contributed by atoms with Crippen molar-refractivity contribution in [1.29, 1.82) is 0 Å². The lowest BCUT2D eigenvalue weighted by atomic mass is 10.1. The van der Waals surface area contributed by atoms with Gasteiger partial charge in [0.15, 0.2) is 0 Å². The summed E-state index contributed by atoms with van der Waals surface area (Å²) in [6.07, 6.45) is 0. The number of hydrogen-bond donors (Lipinski definition) is 2. The number of carboxylic acid groups (broad SMARTS) is 1. The highest BCUT2D eigenvalue weighted by Crippen LogP contribution is 2.23. The van der Waals surface area contributed by atoms with Crippen LogP contribution in [0.4, 0.5) is 4.39 Å². The van der Waals surface area contributed by atoms with Crippen LogP contribution in [0.25, 0.3) is 10.9 Å². The number of Topliss-reactive ketones (excluding diaryl/α,β-unsaturated/α-hetero) is 1. The summed E-state index contributed by atoms with van der Waals surface area (Å²) in [5, 5.41) is 9.08. The fraction of sp³-hybridized carbons (Fsp3) is 0.0909. The zero-order chi connectivity index (χ0) is 11.9. The minimum atomic E-state index is -1.52. The average molecular weight is 221 g/mol. The second-order valence-corrected chi connectivity index (χ2v) is 3.45. The van der Waals surface area contributed by atoms with Gasteiger partial charge in [0, 0.05) is 16.6 Å². The topological polar surface area (TPSA) is 70.2 Å². The molecule has 0 saturated heterocycles. The van der Waals surface area contributed by atoms with E-state index >= 15 is 0 Å². The number of carbonyl (C=O) groups is 2. The van der Waals surface area contributed by atoms with Gasteiger partial charge in [0.25, 0.3) is 5.78 Å². The van der Waals surface area contributed by atoms with Gasteiger partial charge in [-0.15, -0.1) is 0 Å². The molecule has 0 spiro atoms. The molecule has 0 aliphatic rings. The maximum Gasteiger partial charge on any atom is 0.377 e. The van der Waals surface area contributed by atoms with Crippen molar-refractivity contribution in [1.82, 2.24) is 4.98 Å². The van der Waals surface area contributed by atoms with E-state index in [1.54, 1.807) is 6.92 Å². The lowest BCUT2D eigenvalue weighted by Crippen LogP contribution is -2.13. The third-order valence-electron chi connectivity index (χ3n) is 2.37. The highest BCUT2D eigenvalue weighted by atomic mass is 19.1. The first-order chi connectivity index (χ1) is 7.50. The summed E-state index contributed by atoms with van der Waals surface area (Å²) in [5.41, 5.74) is 0.928. The second kappa shape index (κ2) is 3.44. The zero-order valence-electron chi connectivity index (χ0n) is 8.37. The molecule has 4 nitrogen and oxygen atoms in total. The van der Waals surface area contributed by atoms with Gasteiger partial charge in [-0.05, 0) is 25.1 Å². The first kappa shape index (κ1) is 10.4. The van der Waals surface area contributed by atoms with Crippen LogP contribution in [0.2, 0.25) is 0 Å². The highest BCUT2D eigenvalue weighted by Gasteiger charge is 2.21. The van der Waals surface area contributed by atoms with Crippen molar-refractivity contribution >= 4 is 22.7 Å². The number of halogens is 1. The summed E-state index contributed by atoms with van der Waals surface area (Å²) in [4.78, 5) is 24.8. The van der Waals surface area contributed by atoms with Crippen molar-refractivity contribution in [3.63, 3.8) is 0 Å². The van der Waals surface area contributed by atoms with Gasteiger partial charge in [0.05, 0.1) is 5.56 Å². The van der Waals surface area contributed by atoms with Crippen LogP contribution >= 0.6 is 0 Å². The van der Waals surface area contributed by atoms with Crippen molar-refractivity contribution in [2.24, 2.45) is 0 Å². The quantitative estimate of drug-likeness (QED) is 0.600. The first-order valence-corrected chi connectivity index (χ1v) is 4.56. The van der Waals surface area contributed by atoms with Crippen LogP contribution in [0.5, 0.6) is 0 Å². The second-order valence-electron chi connectivity index (χ2n) is 3.45. The van der Waals surface area contributed by atoms with E-state index in [1.165, 1.54) is 18.2 Å². The predicted molar refractivity (Wildman–Crippen MR) is 55.0 cm³/mol. The number of aromatic amines is 1. The summed E-state index contributed by atoms with van der Waals surface area (Å²) in [7, 11) is 0. The Morgan fingerprint density at radius 1 is 1.38 bits per heavy atom. The molecule has 0 atom stereocenters. The number of aliphatic carboxylic acids is 1. The number of nitrogens with one attached hydrogen (secondary N) is 1. The third kappa shape index (κ3) is 1.46. The van der Waals surface area contributed by atoms with E-state index in [4.69, 9.17) is 5.11 Å². The maximum absolute atomic E-state index is 12.9. The largest absolute Gasteiger partial charge is 0.475 e. The zero-order valence-corrected chi connectivity index (χ0v) is 8.37. The van der Waals surface area contributed by atoms with Gasteiger partial charge in [0.2, 0.25) is 0 Å². The molecule has 0 aliphatic heterocycles. The van der Waals surface area contributed by atoms with Gasteiger partial charge in [-0.2, -0.15) is 0 Å². The van der Waals surface area contributed by atoms with Crippen molar-refractivity contribution < 1.29 is 19.1 Å². The summed E-state index contributed by atoms with van der Waals surface area (Å²) < 4.78 is 12.9. The molecule has 0 bridgehead atoms. The molecular formula is C11H8FNO3. The van der Waals surface area contributed by atoms with E-state index in [9.17, 15) is 14.0 Å². The minimum absolute atomic E-state index is 0.0856. The fourth-order valence-electron chi connectivity index (χ4n) is 1.70. The van der Waals surface area contributed by atoms with Crippen LogP contribution in [-0.4, -0.2) is 21.8 Å². The van der Waals surface area contributed by atoms with Gasteiger partial charge in [0.1, 0.15) is 5.82 Å². The number of rotatable bonds is 2. The molecule has 0 saturated carbocycles. The van der Waals surface area contributed by atoms with Crippen molar-refractivity contribution in [3.8, 4) is 0 Å². The number of carboxylic acids is 1. The molecule has 2 rings (SSSR count). The predicted octanol–water partition coefficient (Wildman–Crippen LogP) is 1.88. The molecule has 5 heteroatoms. The lowest BCUT2D eigenvalue weighted by Gasteiger charge is -1.95. The Balaban J connectivity index is 2.74. The fourth-order valence-corrected chi connectivity index (χ4v) is 1.70. The first-order valence-electron chi connectivity index (χ1n) is 4.56. The molecule has 0 amide bonds. The molecule has 0 aliphatic carbocycles. The van der Waals surface area contributed by atoms with Gasteiger partial charge >= 0.3 is 5.97 Å². The molecule has 0 unspecified atom stereocenters. The molecule has 82 valence electrons. The van der Waals surface area contributed by atoms with Crippen LogP contribution in [0.3, 0.4) is 0 Å². The molecule has 0 fully saturated rings. The van der Waals surface area contributed by atoms with Gasteiger partial charge in [-0.1, -0.05) is 0 Å². The van der Waals surface area contributed by atoms with Gasteiger partial charge < -0.3 is 10.1 Å². The Morgan fingerprint density at radius 3 is 2.69 bits per heavy atom. The standard InChI is InChI=1S/C11H8FNO3/c1-5-9(10(14)11(15)16)7-3-2-6(12)4-8(7)13-5/h2-4,13H,1H3,(H,15,16). The number of aryl methyl sites for hydroxylation is 1. The Kier molecular flexibility index (Phi) is 2.23. The number of ketones is 1. The number of fused-ring (bicyclic) bond motifs is 1. The monoisotopic (exact) mass is 221 g/mol. The summed E-state index contributed by atoms with van der Waals surface area (Å²) >= 11 is 0. The third-order valence-corrected chi connectivity index (χ3v) is 2.37. The molecule has 2 N–H and O–H groups in total. The summed E-state index contributed by atoms with van der Waals surface area (Å²) in [6, 6.07) is 3.81. The SMILES string of the molecule is Cc1[nH]c2cc(F)ccc2c1C(=O)C(=O)O. The summed E-state index contributed by atoms with van der Waals surface area (Å²) in [6.45, 7) is 1.58. The molecule has 1 heterocycles. The Labute approximate surface area is 89.7 Å². The van der Waals surface area contributed by atoms with Crippen molar-refractivity contribution in [3.05, 3.63) is 35.3 Å². The van der Waals surface area contributed by atoms with Crippen molar-refractivity contribution in [2.75, 3.05) is 0 Å². The average Bonchev–Trinajstić information content (AvgIpc) is 2.51. The number of aromatic nitrogens is 1. The van der Waals surface area contributed by atoms with E-state index in [0.717, 1.165) is 0 Å². The molecular weight excluding hydrogens is 213 g/mol. The Morgan fingerprint density at radius 2 is 2.06 bits per heavy atom. The maximum atomic E-state index is 12.9. The smallest absolute Gasteiger partial charge is 0.377 e.